The Balaban J connectivity index is 1.78. The van der Waals surface area contributed by atoms with Crippen molar-refractivity contribution in [2.45, 2.75) is 12.8 Å². The number of hydrogen-bond donors (Lipinski definition) is 3. The SMILES string of the molecule is O=C(NCCC1=CCNCC1)c1ccc(O)cc1. The molecule has 0 unspecified atom stereocenters. The van der Waals surface area contributed by atoms with E-state index in [1.807, 2.05) is 0 Å². The monoisotopic (exact) mass is 246 g/mol. The van der Waals surface area contributed by atoms with Crippen molar-refractivity contribution in [3.8, 4) is 5.75 Å². The minimum atomic E-state index is -0.0930. The van der Waals surface area contributed by atoms with Gasteiger partial charge >= 0.3 is 0 Å². The summed E-state index contributed by atoms with van der Waals surface area (Å²) < 4.78 is 0. The molecular weight excluding hydrogens is 228 g/mol. The number of nitrogens with one attached hydrogen (secondary N) is 2. The van der Waals surface area contributed by atoms with Gasteiger partial charge in [-0.25, -0.2) is 0 Å². The Kier molecular flexibility index (Phi) is 4.36. The maximum atomic E-state index is 11.8. The van der Waals surface area contributed by atoms with Crippen LogP contribution < -0.4 is 10.6 Å². The van der Waals surface area contributed by atoms with Gasteiger partial charge in [0, 0.05) is 18.7 Å². The number of hydrogen-bond acceptors (Lipinski definition) is 3. The second-order valence-corrected chi connectivity index (χ2v) is 4.37. The first-order chi connectivity index (χ1) is 8.75. The van der Waals surface area contributed by atoms with Crippen molar-refractivity contribution in [1.82, 2.24) is 10.6 Å². The molecule has 0 spiro atoms. The highest BCUT2D eigenvalue weighted by Crippen LogP contribution is 2.10. The molecule has 0 aliphatic carbocycles. The minimum Gasteiger partial charge on any atom is -0.508 e. The molecule has 3 N–H and O–H groups in total. The van der Waals surface area contributed by atoms with Crippen LogP contribution in [-0.4, -0.2) is 30.6 Å². The fourth-order valence-electron chi connectivity index (χ4n) is 1.95. The van der Waals surface area contributed by atoms with Crippen molar-refractivity contribution in [2.75, 3.05) is 19.6 Å². The second-order valence-electron chi connectivity index (χ2n) is 4.37. The van der Waals surface area contributed by atoms with E-state index in [4.69, 9.17) is 5.11 Å². The van der Waals surface area contributed by atoms with E-state index in [0.717, 1.165) is 25.9 Å². The Bertz CT molecular complexity index is 438. The fraction of sp³-hybridized carbons (Fsp3) is 0.357. The van der Waals surface area contributed by atoms with Gasteiger partial charge in [0.05, 0.1) is 0 Å². The summed E-state index contributed by atoms with van der Waals surface area (Å²) in [5.41, 5.74) is 1.98. The van der Waals surface area contributed by atoms with E-state index in [1.54, 1.807) is 12.1 Å². The van der Waals surface area contributed by atoms with Crippen LogP contribution in [0.25, 0.3) is 0 Å². The molecule has 0 radical (unpaired) electrons. The number of phenols is 1. The summed E-state index contributed by atoms with van der Waals surface area (Å²) in [4.78, 5) is 11.8. The lowest BCUT2D eigenvalue weighted by Gasteiger charge is -2.14. The molecular formula is C14H18N2O2. The fourth-order valence-corrected chi connectivity index (χ4v) is 1.95. The van der Waals surface area contributed by atoms with Crippen molar-refractivity contribution in [2.24, 2.45) is 0 Å². The van der Waals surface area contributed by atoms with E-state index < -0.39 is 0 Å². The number of rotatable bonds is 4. The Morgan fingerprint density at radius 2 is 2.11 bits per heavy atom. The van der Waals surface area contributed by atoms with Crippen LogP contribution in [0.15, 0.2) is 35.9 Å². The zero-order chi connectivity index (χ0) is 12.8. The zero-order valence-electron chi connectivity index (χ0n) is 10.3. The summed E-state index contributed by atoms with van der Waals surface area (Å²) >= 11 is 0. The molecule has 2 rings (SSSR count). The summed E-state index contributed by atoms with van der Waals surface area (Å²) in [6.45, 7) is 2.62. The average Bonchev–Trinajstić information content (AvgIpc) is 2.40. The summed E-state index contributed by atoms with van der Waals surface area (Å²) in [5.74, 6) is 0.0796. The topological polar surface area (TPSA) is 61.4 Å². The van der Waals surface area contributed by atoms with Gasteiger partial charge < -0.3 is 15.7 Å². The van der Waals surface area contributed by atoms with Crippen molar-refractivity contribution in [1.29, 1.82) is 0 Å². The van der Waals surface area contributed by atoms with Crippen molar-refractivity contribution < 1.29 is 9.90 Å². The number of amides is 1. The maximum Gasteiger partial charge on any atom is 0.251 e. The Morgan fingerprint density at radius 1 is 1.33 bits per heavy atom. The molecule has 0 saturated heterocycles. The summed E-state index contributed by atoms with van der Waals surface area (Å²) in [6.07, 6.45) is 4.16. The van der Waals surface area contributed by atoms with Gasteiger partial charge in [-0.3, -0.25) is 4.79 Å². The predicted octanol–water partition coefficient (Wildman–Crippen LogP) is 1.43. The third-order valence-corrected chi connectivity index (χ3v) is 3.02. The molecule has 1 amide bonds. The Labute approximate surface area is 107 Å². The molecule has 4 nitrogen and oxygen atoms in total. The molecule has 96 valence electrons. The maximum absolute atomic E-state index is 11.8. The summed E-state index contributed by atoms with van der Waals surface area (Å²) in [7, 11) is 0. The standard InChI is InChI=1S/C14H18N2O2/c17-13-3-1-12(2-4-13)14(18)16-10-7-11-5-8-15-9-6-11/h1-5,15,17H,6-10H2,(H,16,18). The van der Waals surface area contributed by atoms with Gasteiger partial charge in [0.2, 0.25) is 0 Å². The van der Waals surface area contributed by atoms with Gasteiger partial charge in [0.1, 0.15) is 5.75 Å². The van der Waals surface area contributed by atoms with Gasteiger partial charge in [0.25, 0.3) is 5.91 Å². The van der Waals surface area contributed by atoms with Crippen LogP contribution in [0.5, 0.6) is 5.75 Å². The van der Waals surface area contributed by atoms with Crippen LogP contribution in [0.4, 0.5) is 0 Å². The van der Waals surface area contributed by atoms with Gasteiger partial charge in [-0.1, -0.05) is 11.6 Å². The minimum absolute atomic E-state index is 0.0930. The molecule has 1 aromatic rings. The van der Waals surface area contributed by atoms with Crippen LogP contribution in [0, 0.1) is 0 Å². The molecule has 0 fully saturated rings. The number of carbonyl (C=O) groups is 1. The highest BCUT2D eigenvalue weighted by molar-refractivity contribution is 5.94. The molecule has 4 heteroatoms. The summed E-state index contributed by atoms with van der Waals surface area (Å²) in [6, 6.07) is 6.28. The average molecular weight is 246 g/mol. The first-order valence-electron chi connectivity index (χ1n) is 6.21. The van der Waals surface area contributed by atoms with Gasteiger partial charge in [-0.15, -0.1) is 0 Å². The molecule has 0 atom stereocenters. The normalized spacial score (nSPS) is 15.0. The molecule has 0 aromatic heterocycles. The van der Waals surface area contributed by atoms with E-state index in [9.17, 15) is 4.79 Å². The molecule has 0 saturated carbocycles. The van der Waals surface area contributed by atoms with Crippen LogP contribution in [0.1, 0.15) is 23.2 Å². The third-order valence-electron chi connectivity index (χ3n) is 3.02. The summed E-state index contributed by atoms with van der Waals surface area (Å²) in [5, 5.41) is 15.3. The molecule has 1 aliphatic heterocycles. The second kappa shape index (κ2) is 6.21. The first kappa shape index (κ1) is 12.6. The van der Waals surface area contributed by atoms with Crippen LogP contribution in [0.2, 0.25) is 0 Å². The smallest absolute Gasteiger partial charge is 0.251 e. The lowest BCUT2D eigenvalue weighted by Crippen LogP contribution is -2.26. The van der Waals surface area contributed by atoms with Crippen LogP contribution in [0.3, 0.4) is 0 Å². The lowest BCUT2D eigenvalue weighted by atomic mass is 10.1. The quantitative estimate of drug-likeness (QED) is 0.704. The molecule has 1 aromatic carbocycles. The Hall–Kier alpha value is -1.81. The highest BCUT2D eigenvalue weighted by atomic mass is 16.3. The number of benzene rings is 1. The molecule has 1 heterocycles. The predicted molar refractivity (Wildman–Crippen MR) is 70.6 cm³/mol. The zero-order valence-corrected chi connectivity index (χ0v) is 10.3. The van der Waals surface area contributed by atoms with Crippen molar-refractivity contribution in [3.05, 3.63) is 41.5 Å². The van der Waals surface area contributed by atoms with E-state index in [1.165, 1.54) is 17.7 Å². The molecule has 18 heavy (non-hydrogen) atoms. The van der Waals surface area contributed by atoms with Gasteiger partial charge in [-0.05, 0) is 43.7 Å². The molecule has 1 aliphatic rings. The van der Waals surface area contributed by atoms with E-state index in [2.05, 4.69) is 16.7 Å². The van der Waals surface area contributed by atoms with Crippen LogP contribution >= 0.6 is 0 Å². The first-order valence-corrected chi connectivity index (χ1v) is 6.21. The number of phenolic OH excluding ortho intramolecular Hbond substituents is 1. The largest absolute Gasteiger partial charge is 0.508 e. The van der Waals surface area contributed by atoms with Gasteiger partial charge in [-0.2, -0.15) is 0 Å². The third kappa shape index (κ3) is 3.60. The van der Waals surface area contributed by atoms with E-state index >= 15 is 0 Å². The number of aromatic hydroxyl groups is 1. The van der Waals surface area contributed by atoms with Crippen molar-refractivity contribution in [3.63, 3.8) is 0 Å². The van der Waals surface area contributed by atoms with E-state index in [0.29, 0.717) is 12.1 Å². The lowest BCUT2D eigenvalue weighted by molar-refractivity contribution is 0.0954. The van der Waals surface area contributed by atoms with Crippen molar-refractivity contribution >= 4 is 5.91 Å². The van der Waals surface area contributed by atoms with Crippen LogP contribution in [-0.2, 0) is 0 Å². The van der Waals surface area contributed by atoms with Gasteiger partial charge in [0.15, 0.2) is 0 Å². The number of carbonyl (C=O) groups excluding carboxylic acids is 1. The highest BCUT2D eigenvalue weighted by Gasteiger charge is 2.06. The Morgan fingerprint density at radius 3 is 2.78 bits per heavy atom. The molecule has 0 bridgehead atoms. The van der Waals surface area contributed by atoms with E-state index in [-0.39, 0.29) is 11.7 Å².